The molecule has 9 heteroatoms. The molecule has 0 aromatic heterocycles. The molecule has 2 atom stereocenters. The van der Waals surface area contributed by atoms with Gasteiger partial charge in [0.1, 0.15) is 17.4 Å². The molecule has 156 valence electrons. The topological polar surface area (TPSA) is 99.2 Å². The van der Waals surface area contributed by atoms with Crippen molar-refractivity contribution in [3.63, 3.8) is 0 Å². The molecule has 8 nitrogen and oxygen atoms in total. The molecule has 1 aromatic carbocycles. The molecule has 0 saturated carbocycles. The third kappa shape index (κ3) is 5.02. The summed E-state index contributed by atoms with van der Waals surface area (Å²) in [6.07, 6.45) is 0.276. The van der Waals surface area contributed by atoms with E-state index in [9.17, 15) is 18.0 Å². The number of ether oxygens (including phenoxy) is 3. The van der Waals surface area contributed by atoms with E-state index in [1.54, 1.807) is 20.8 Å². The number of hydrogen-bond donors (Lipinski definition) is 0. The third-order valence-electron chi connectivity index (χ3n) is 4.43. The maximum absolute atomic E-state index is 13.2. The zero-order valence-corrected chi connectivity index (χ0v) is 17.6. The number of esters is 2. The van der Waals surface area contributed by atoms with Crippen molar-refractivity contribution in [3.05, 3.63) is 24.3 Å². The van der Waals surface area contributed by atoms with E-state index in [-0.39, 0.29) is 24.3 Å². The predicted molar refractivity (Wildman–Crippen MR) is 101 cm³/mol. The molecule has 1 fully saturated rings. The van der Waals surface area contributed by atoms with Gasteiger partial charge in [-0.15, -0.1) is 0 Å². The quantitative estimate of drug-likeness (QED) is 0.681. The summed E-state index contributed by atoms with van der Waals surface area (Å²) >= 11 is 0. The van der Waals surface area contributed by atoms with Crippen LogP contribution in [0.3, 0.4) is 0 Å². The summed E-state index contributed by atoms with van der Waals surface area (Å²) in [5, 5.41) is 0. The molecule has 0 spiro atoms. The number of methoxy groups -OCH3 is 2. The summed E-state index contributed by atoms with van der Waals surface area (Å²) in [4.78, 5) is 24.8. The fourth-order valence-electron chi connectivity index (χ4n) is 3.08. The summed E-state index contributed by atoms with van der Waals surface area (Å²) in [5.41, 5.74) is -0.787. The number of hydrogen-bond acceptors (Lipinski definition) is 7. The molecule has 0 aliphatic carbocycles. The van der Waals surface area contributed by atoms with Gasteiger partial charge in [0.05, 0.1) is 25.0 Å². The SMILES string of the molecule is COC(=O)[C@@H]1CCN(S(=O)(=O)c2ccc(OC)cc2)[C@@H](C(=O)OC(C)(C)C)C1. The minimum absolute atomic E-state index is 0.0109. The number of carbonyl (C=O) groups excluding carboxylic acids is 2. The average Bonchev–Trinajstić information content (AvgIpc) is 2.65. The van der Waals surface area contributed by atoms with Gasteiger partial charge in [-0.25, -0.2) is 8.42 Å². The second-order valence-corrected chi connectivity index (χ2v) is 9.48. The van der Waals surface area contributed by atoms with Gasteiger partial charge >= 0.3 is 11.9 Å². The fraction of sp³-hybridized carbons (Fsp3) is 0.579. The van der Waals surface area contributed by atoms with Crippen molar-refractivity contribution in [1.82, 2.24) is 4.31 Å². The lowest BCUT2D eigenvalue weighted by Gasteiger charge is -2.37. The maximum atomic E-state index is 13.2. The Morgan fingerprint density at radius 2 is 1.68 bits per heavy atom. The number of benzene rings is 1. The van der Waals surface area contributed by atoms with Gasteiger partial charge in [0.2, 0.25) is 10.0 Å². The van der Waals surface area contributed by atoms with E-state index in [1.165, 1.54) is 38.5 Å². The van der Waals surface area contributed by atoms with Gasteiger partial charge in [-0.1, -0.05) is 0 Å². The van der Waals surface area contributed by atoms with Gasteiger partial charge in [-0.2, -0.15) is 4.31 Å². The fourth-order valence-corrected chi connectivity index (χ4v) is 4.68. The first-order valence-corrected chi connectivity index (χ1v) is 10.4. The van der Waals surface area contributed by atoms with E-state index in [4.69, 9.17) is 14.2 Å². The van der Waals surface area contributed by atoms with E-state index in [2.05, 4.69) is 0 Å². The first-order valence-electron chi connectivity index (χ1n) is 8.96. The Morgan fingerprint density at radius 1 is 1.07 bits per heavy atom. The van der Waals surface area contributed by atoms with Crippen LogP contribution in [0, 0.1) is 5.92 Å². The van der Waals surface area contributed by atoms with Crippen LogP contribution in [0.1, 0.15) is 33.6 Å². The minimum Gasteiger partial charge on any atom is -0.497 e. The molecule has 0 radical (unpaired) electrons. The van der Waals surface area contributed by atoms with E-state index >= 15 is 0 Å². The molecule has 1 saturated heterocycles. The van der Waals surface area contributed by atoms with E-state index in [1.807, 2.05) is 0 Å². The highest BCUT2D eigenvalue weighted by molar-refractivity contribution is 7.89. The number of piperidine rings is 1. The first-order chi connectivity index (χ1) is 13.0. The number of rotatable bonds is 5. The molecular formula is C19H27NO7S. The molecule has 0 N–H and O–H groups in total. The van der Waals surface area contributed by atoms with Crippen LogP contribution in [-0.4, -0.2) is 57.1 Å². The van der Waals surface area contributed by atoms with Gasteiger partial charge in [-0.3, -0.25) is 9.59 Å². The van der Waals surface area contributed by atoms with Gasteiger partial charge in [0.25, 0.3) is 0 Å². The highest BCUT2D eigenvalue weighted by Gasteiger charge is 2.44. The third-order valence-corrected chi connectivity index (χ3v) is 6.36. The van der Waals surface area contributed by atoms with Crippen LogP contribution >= 0.6 is 0 Å². The largest absolute Gasteiger partial charge is 0.497 e. The van der Waals surface area contributed by atoms with Gasteiger partial charge < -0.3 is 14.2 Å². The highest BCUT2D eigenvalue weighted by atomic mass is 32.2. The average molecular weight is 413 g/mol. The normalized spacial score (nSPS) is 21.0. The van der Waals surface area contributed by atoms with Crippen LogP contribution in [-0.2, 0) is 29.1 Å². The smallest absolute Gasteiger partial charge is 0.325 e. The van der Waals surface area contributed by atoms with Crippen LogP contribution in [0.25, 0.3) is 0 Å². The Morgan fingerprint density at radius 3 is 2.18 bits per heavy atom. The van der Waals surface area contributed by atoms with Crippen LogP contribution < -0.4 is 4.74 Å². The molecule has 1 aliphatic rings. The van der Waals surface area contributed by atoms with Gasteiger partial charge in [0.15, 0.2) is 0 Å². The lowest BCUT2D eigenvalue weighted by atomic mass is 9.92. The van der Waals surface area contributed by atoms with Gasteiger partial charge in [0, 0.05) is 6.54 Å². The molecule has 1 aliphatic heterocycles. The lowest BCUT2D eigenvalue weighted by molar-refractivity contribution is -0.162. The van der Waals surface area contributed by atoms with Crippen molar-refractivity contribution < 1.29 is 32.2 Å². The van der Waals surface area contributed by atoms with E-state index in [0.29, 0.717) is 5.75 Å². The Bertz CT molecular complexity index is 812. The van der Waals surface area contributed by atoms with E-state index < -0.39 is 39.5 Å². The molecule has 0 bridgehead atoms. The second-order valence-electron chi connectivity index (χ2n) is 7.59. The second kappa shape index (κ2) is 8.48. The maximum Gasteiger partial charge on any atom is 0.325 e. The first kappa shape index (κ1) is 22.2. The zero-order chi connectivity index (χ0) is 21.1. The molecular weight excluding hydrogens is 386 g/mol. The minimum atomic E-state index is -3.97. The zero-order valence-electron chi connectivity index (χ0n) is 16.8. The van der Waals surface area contributed by atoms with Crippen molar-refractivity contribution in [1.29, 1.82) is 0 Å². The van der Waals surface area contributed by atoms with Crippen LogP contribution in [0.2, 0.25) is 0 Å². The Balaban J connectivity index is 2.37. The monoisotopic (exact) mass is 413 g/mol. The van der Waals surface area contributed by atoms with Crippen molar-refractivity contribution in [3.8, 4) is 5.75 Å². The summed E-state index contributed by atoms with van der Waals surface area (Å²) in [6, 6.07) is 4.82. The summed E-state index contributed by atoms with van der Waals surface area (Å²) in [6.45, 7) is 5.12. The molecule has 1 aromatic rings. The molecule has 0 amide bonds. The molecule has 2 rings (SSSR count). The number of carbonyl (C=O) groups is 2. The van der Waals surface area contributed by atoms with Crippen molar-refractivity contribution in [2.45, 2.75) is 50.2 Å². The van der Waals surface area contributed by atoms with Crippen molar-refractivity contribution in [2.75, 3.05) is 20.8 Å². The summed E-state index contributed by atoms with van der Waals surface area (Å²) in [5.74, 6) is -1.19. The summed E-state index contributed by atoms with van der Waals surface area (Å²) in [7, 11) is -1.21. The highest BCUT2D eigenvalue weighted by Crippen LogP contribution is 2.31. The Hall–Kier alpha value is -2.13. The number of nitrogens with zero attached hydrogens (tertiary/aromatic N) is 1. The Labute approximate surface area is 165 Å². The van der Waals surface area contributed by atoms with Crippen molar-refractivity contribution in [2.24, 2.45) is 5.92 Å². The lowest BCUT2D eigenvalue weighted by Crippen LogP contribution is -2.52. The van der Waals surface area contributed by atoms with Crippen LogP contribution in [0.15, 0.2) is 29.2 Å². The summed E-state index contributed by atoms with van der Waals surface area (Å²) < 4.78 is 42.7. The van der Waals surface area contributed by atoms with Gasteiger partial charge in [-0.05, 0) is 57.9 Å². The van der Waals surface area contributed by atoms with Crippen molar-refractivity contribution >= 4 is 22.0 Å². The molecule has 28 heavy (non-hydrogen) atoms. The molecule has 0 unspecified atom stereocenters. The standard InChI is InChI=1S/C19H27NO7S/c1-19(2,3)27-18(22)16-12-13(17(21)26-5)10-11-20(16)28(23,24)15-8-6-14(25-4)7-9-15/h6-9,13,16H,10-12H2,1-5H3/t13-,16-/m1/s1. The van der Waals surface area contributed by atoms with Crippen LogP contribution in [0.5, 0.6) is 5.75 Å². The number of sulfonamides is 1. The Kier molecular flexibility index (Phi) is 6.71. The van der Waals surface area contributed by atoms with E-state index in [0.717, 1.165) is 4.31 Å². The predicted octanol–water partition coefficient (Wildman–Crippen LogP) is 1.98. The molecule has 1 heterocycles. The van der Waals surface area contributed by atoms with Crippen LogP contribution in [0.4, 0.5) is 0 Å².